The minimum atomic E-state index is -1.10. The second kappa shape index (κ2) is 9.39. The summed E-state index contributed by atoms with van der Waals surface area (Å²) < 4.78 is 5.59. The smallest absolute Gasteiger partial charge is 0.411 e. The zero-order valence-corrected chi connectivity index (χ0v) is 19.2. The highest BCUT2D eigenvalue weighted by Gasteiger charge is 2.29. The third kappa shape index (κ3) is 4.24. The molecule has 1 aliphatic carbocycles. The molecule has 1 unspecified atom stereocenters. The van der Waals surface area contributed by atoms with E-state index in [9.17, 15) is 19.5 Å². The highest BCUT2D eigenvalue weighted by molar-refractivity contribution is 6.00. The largest absolute Gasteiger partial charge is 0.480 e. The van der Waals surface area contributed by atoms with Crippen LogP contribution in [0, 0.1) is 6.92 Å². The van der Waals surface area contributed by atoms with Gasteiger partial charge in [0.25, 0.3) is 5.91 Å². The Bertz CT molecular complexity index is 1220. The fraction of sp³-hybridized carbons (Fsp3) is 0.222. The number of benzene rings is 3. The van der Waals surface area contributed by atoms with E-state index < -0.39 is 24.0 Å². The third-order valence-corrected chi connectivity index (χ3v) is 6.40. The Morgan fingerprint density at radius 2 is 1.56 bits per heavy atom. The summed E-state index contributed by atoms with van der Waals surface area (Å²) in [5.41, 5.74) is 5.81. The first-order chi connectivity index (χ1) is 16.3. The van der Waals surface area contributed by atoms with Gasteiger partial charge in [-0.2, -0.15) is 0 Å². The molecule has 0 bridgehead atoms. The third-order valence-electron chi connectivity index (χ3n) is 6.40. The fourth-order valence-corrected chi connectivity index (χ4v) is 4.28. The van der Waals surface area contributed by atoms with Crippen LogP contribution < -0.4 is 5.32 Å². The molecule has 0 fully saturated rings. The number of rotatable bonds is 6. The van der Waals surface area contributed by atoms with E-state index in [1.54, 1.807) is 25.1 Å². The van der Waals surface area contributed by atoms with Crippen molar-refractivity contribution in [2.75, 3.05) is 19.0 Å². The fourth-order valence-electron chi connectivity index (χ4n) is 4.28. The van der Waals surface area contributed by atoms with E-state index in [0.29, 0.717) is 16.8 Å². The first-order valence-electron chi connectivity index (χ1n) is 11.0. The monoisotopic (exact) mass is 458 g/mol. The molecule has 1 atom stereocenters. The molecule has 7 heteroatoms. The number of ether oxygens (including phenoxy) is 1. The number of hydrogen-bond donors (Lipinski definition) is 2. The minimum absolute atomic E-state index is 0.0571. The number of fused-ring (bicyclic) bond motifs is 3. The summed E-state index contributed by atoms with van der Waals surface area (Å²) in [6.07, 6.45) is -0.623. The zero-order valence-electron chi connectivity index (χ0n) is 19.2. The Hall–Kier alpha value is -4.13. The lowest BCUT2D eigenvalue weighted by Gasteiger charge is -2.23. The molecule has 2 N–H and O–H groups in total. The lowest BCUT2D eigenvalue weighted by molar-refractivity contribution is -0.141. The summed E-state index contributed by atoms with van der Waals surface area (Å²) >= 11 is 0. The molecule has 1 aliphatic rings. The summed E-state index contributed by atoms with van der Waals surface area (Å²) in [6, 6.07) is 20.1. The van der Waals surface area contributed by atoms with Crippen LogP contribution in [0.15, 0.2) is 66.7 Å². The average molecular weight is 459 g/mol. The second-order valence-electron chi connectivity index (χ2n) is 8.36. The van der Waals surface area contributed by atoms with Gasteiger partial charge in [0.2, 0.25) is 0 Å². The molecule has 0 aliphatic heterocycles. The van der Waals surface area contributed by atoms with E-state index in [-0.39, 0.29) is 12.5 Å². The van der Waals surface area contributed by atoms with Gasteiger partial charge in [0.15, 0.2) is 0 Å². The van der Waals surface area contributed by atoms with Crippen LogP contribution in [0.25, 0.3) is 11.1 Å². The van der Waals surface area contributed by atoms with Crippen LogP contribution in [0.2, 0.25) is 0 Å². The van der Waals surface area contributed by atoms with Gasteiger partial charge in [0.05, 0.1) is 0 Å². The van der Waals surface area contributed by atoms with Crippen molar-refractivity contribution in [1.29, 1.82) is 0 Å². The number of nitrogens with one attached hydrogen (secondary N) is 1. The van der Waals surface area contributed by atoms with Crippen LogP contribution in [-0.4, -0.2) is 47.7 Å². The number of carboxylic acid groups (broad SMARTS) is 1. The van der Waals surface area contributed by atoms with Crippen LogP contribution in [-0.2, 0) is 9.53 Å². The summed E-state index contributed by atoms with van der Waals surface area (Å²) in [7, 11) is 1.44. The van der Waals surface area contributed by atoms with Gasteiger partial charge < -0.3 is 14.7 Å². The molecule has 7 nitrogen and oxygen atoms in total. The first-order valence-corrected chi connectivity index (χ1v) is 11.0. The summed E-state index contributed by atoms with van der Waals surface area (Å²) in [5.74, 6) is -1.59. The van der Waals surface area contributed by atoms with Gasteiger partial charge in [-0.3, -0.25) is 10.1 Å². The van der Waals surface area contributed by atoms with Gasteiger partial charge in [-0.1, -0.05) is 54.6 Å². The Morgan fingerprint density at radius 1 is 0.971 bits per heavy atom. The topological polar surface area (TPSA) is 95.9 Å². The van der Waals surface area contributed by atoms with Crippen molar-refractivity contribution in [3.05, 3.63) is 89.0 Å². The minimum Gasteiger partial charge on any atom is -0.480 e. The molecule has 0 radical (unpaired) electrons. The van der Waals surface area contributed by atoms with Crippen molar-refractivity contribution in [2.45, 2.75) is 25.8 Å². The van der Waals surface area contributed by atoms with Gasteiger partial charge in [-0.15, -0.1) is 0 Å². The van der Waals surface area contributed by atoms with Crippen molar-refractivity contribution in [2.24, 2.45) is 0 Å². The molecule has 3 aromatic carbocycles. The molecule has 0 heterocycles. The van der Waals surface area contributed by atoms with Crippen molar-refractivity contribution in [3.63, 3.8) is 0 Å². The van der Waals surface area contributed by atoms with Gasteiger partial charge in [0, 0.05) is 24.2 Å². The molecule has 34 heavy (non-hydrogen) atoms. The van der Waals surface area contributed by atoms with E-state index in [0.717, 1.165) is 27.2 Å². The normalized spacial score (nSPS) is 12.9. The Morgan fingerprint density at radius 3 is 2.15 bits per heavy atom. The van der Waals surface area contributed by atoms with Crippen molar-refractivity contribution >= 4 is 23.7 Å². The van der Waals surface area contributed by atoms with Crippen molar-refractivity contribution in [3.8, 4) is 11.1 Å². The second-order valence-corrected chi connectivity index (χ2v) is 8.36. The molecular formula is C27H26N2O5. The van der Waals surface area contributed by atoms with Gasteiger partial charge in [0.1, 0.15) is 12.6 Å². The molecule has 0 spiro atoms. The van der Waals surface area contributed by atoms with E-state index in [1.807, 2.05) is 24.3 Å². The summed E-state index contributed by atoms with van der Waals surface area (Å²) in [5, 5.41) is 11.9. The molecule has 0 aromatic heterocycles. The van der Waals surface area contributed by atoms with Crippen molar-refractivity contribution < 1.29 is 24.2 Å². The maximum absolute atomic E-state index is 12.8. The number of amides is 2. The number of carbonyl (C=O) groups is 3. The molecule has 4 rings (SSSR count). The maximum Gasteiger partial charge on any atom is 0.411 e. The predicted octanol–water partition coefficient (Wildman–Crippen LogP) is 4.90. The highest BCUT2D eigenvalue weighted by atomic mass is 16.5. The number of carbonyl (C=O) groups excluding carboxylic acids is 2. The van der Waals surface area contributed by atoms with E-state index in [2.05, 4.69) is 29.6 Å². The molecule has 2 amide bonds. The number of hydrogen-bond acceptors (Lipinski definition) is 4. The number of likely N-dealkylation sites (N-methyl/N-ethyl adjacent to an activating group) is 1. The highest BCUT2D eigenvalue weighted by Crippen LogP contribution is 2.44. The Balaban J connectivity index is 1.47. The van der Waals surface area contributed by atoms with Gasteiger partial charge in [-0.05, 0) is 53.8 Å². The van der Waals surface area contributed by atoms with Gasteiger partial charge >= 0.3 is 12.1 Å². The van der Waals surface area contributed by atoms with Crippen LogP contribution in [0.3, 0.4) is 0 Å². The van der Waals surface area contributed by atoms with E-state index in [4.69, 9.17) is 4.74 Å². The molecule has 0 saturated heterocycles. The maximum atomic E-state index is 12.8. The molecule has 3 aromatic rings. The van der Waals surface area contributed by atoms with Crippen LogP contribution in [0.1, 0.15) is 39.9 Å². The average Bonchev–Trinajstić information content (AvgIpc) is 3.16. The lowest BCUT2D eigenvalue weighted by atomic mass is 9.98. The number of aliphatic carboxylic acids is 1. The van der Waals surface area contributed by atoms with E-state index in [1.165, 1.54) is 14.0 Å². The SMILES string of the molecule is Cc1c(NC(=O)OCC2c3ccccc3-c3ccccc32)cccc1C(=O)N(C)C(C)C(=O)O. The van der Waals surface area contributed by atoms with Crippen LogP contribution >= 0.6 is 0 Å². The molecule has 174 valence electrons. The van der Waals surface area contributed by atoms with E-state index >= 15 is 0 Å². The molecular weight excluding hydrogens is 432 g/mol. The number of nitrogens with zero attached hydrogens (tertiary/aromatic N) is 1. The quantitative estimate of drug-likeness (QED) is 0.548. The predicted molar refractivity (Wildman–Crippen MR) is 129 cm³/mol. The van der Waals surface area contributed by atoms with Crippen LogP contribution in [0.4, 0.5) is 10.5 Å². The van der Waals surface area contributed by atoms with Crippen molar-refractivity contribution in [1.82, 2.24) is 4.90 Å². The zero-order chi connectivity index (χ0) is 24.4. The standard InChI is InChI=1S/C27H26N2O5/c1-16-18(25(30)29(3)17(2)26(31)32)13-8-14-24(16)28-27(33)34-15-23-21-11-6-4-9-19(21)20-10-5-7-12-22(20)23/h4-14,17,23H,15H2,1-3H3,(H,28,33)(H,31,32). The summed E-state index contributed by atoms with van der Waals surface area (Å²) in [4.78, 5) is 37.8. The Kier molecular flexibility index (Phi) is 6.36. The first kappa shape index (κ1) is 23.0. The van der Waals surface area contributed by atoms with Gasteiger partial charge in [-0.25, -0.2) is 9.59 Å². The summed E-state index contributed by atoms with van der Waals surface area (Å²) in [6.45, 7) is 3.32. The lowest BCUT2D eigenvalue weighted by Crippen LogP contribution is -2.40. The Labute approximate surface area is 198 Å². The number of anilines is 1. The molecule has 0 saturated carbocycles. The van der Waals surface area contributed by atoms with Crippen LogP contribution in [0.5, 0.6) is 0 Å². The number of carboxylic acids is 1.